The molecule has 1 amide bonds. The first-order chi connectivity index (χ1) is 9.90. The van der Waals surface area contributed by atoms with E-state index in [4.69, 9.17) is 17.3 Å². The molecule has 0 aromatic heterocycles. The van der Waals surface area contributed by atoms with Gasteiger partial charge in [-0.25, -0.2) is 0 Å². The van der Waals surface area contributed by atoms with Gasteiger partial charge in [-0.05, 0) is 12.1 Å². The number of para-hydroxylation sites is 1. The highest BCUT2D eigenvalue weighted by Crippen LogP contribution is 2.33. The van der Waals surface area contributed by atoms with Crippen molar-refractivity contribution in [1.82, 2.24) is 4.90 Å². The lowest BCUT2D eigenvalue weighted by molar-refractivity contribution is -0.385. The number of nitrogens with zero attached hydrogens (tertiary/aromatic N) is 2. The van der Waals surface area contributed by atoms with Crippen LogP contribution in [0, 0.1) is 10.1 Å². The van der Waals surface area contributed by atoms with Crippen molar-refractivity contribution in [3.8, 4) is 0 Å². The van der Waals surface area contributed by atoms with Crippen LogP contribution in [0.5, 0.6) is 0 Å². The van der Waals surface area contributed by atoms with E-state index in [1.54, 1.807) is 6.07 Å². The highest BCUT2D eigenvalue weighted by Gasteiger charge is 2.33. The van der Waals surface area contributed by atoms with E-state index in [1.807, 2.05) is 0 Å². The molecule has 1 heterocycles. The van der Waals surface area contributed by atoms with Gasteiger partial charge in [0.2, 0.25) is 0 Å². The van der Waals surface area contributed by atoms with Gasteiger partial charge in [0.1, 0.15) is 10.9 Å². The Labute approximate surface area is 128 Å². The van der Waals surface area contributed by atoms with E-state index in [1.165, 1.54) is 24.3 Å². The van der Waals surface area contributed by atoms with E-state index in [2.05, 4.69) is 0 Å². The fourth-order valence-corrected chi connectivity index (χ4v) is 2.93. The number of carbonyl (C=O) groups excluding carboxylic acids is 1. The highest BCUT2D eigenvalue weighted by molar-refractivity contribution is 8.26. The molecule has 1 saturated heterocycles. The lowest BCUT2D eigenvalue weighted by Crippen LogP contribution is -2.33. The van der Waals surface area contributed by atoms with E-state index in [9.17, 15) is 19.7 Å². The standard InChI is InChI=1S/C12H8N2O5S2/c15-10(16)6-13-11(17)9(21-12(13)20)5-7-3-1-2-4-8(7)14(18)19/h1-5H,6H2,(H,15,16)/b9-5+. The van der Waals surface area contributed by atoms with Crippen LogP contribution < -0.4 is 0 Å². The van der Waals surface area contributed by atoms with Crippen LogP contribution in [0.4, 0.5) is 5.69 Å². The number of benzene rings is 1. The molecule has 1 aliphatic rings. The fourth-order valence-electron chi connectivity index (χ4n) is 1.69. The fraction of sp³-hybridized carbons (Fsp3) is 0.0833. The molecule has 0 atom stereocenters. The number of thiocarbonyl (C=S) groups is 1. The van der Waals surface area contributed by atoms with Crippen LogP contribution in [0.2, 0.25) is 0 Å². The van der Waals surface area contributed by atoms with Crippen LogP contribution in [-0.2, 0) is 9.59 Å². The zero-order chi connectivity index (χ0) is 15.6. The second kappa shape index (κ2) is 6.02. The SMILES string of the molecule is O=C(O)CN1C(=O)/C(=C\c2ccccc2[N+](=O)[O-])SC1=S. The summed E-state index contributed by atoms with van der Waals surface area (Å²) in [4.78, 5) is 34.2. The van der Waals surface area contributed by atoms with Crippen LogP contribution in [0.25, 0.3) is 6.08 Å². The summed E-state index contributed by atoms with van der Waals surface area (Å²) >= 11 is 5.87. The molecular formula is C12H8N2O5S2. The quantitative estimate of drug-likeness (QED) is 0.390. The molecule has 0 radical (unpaired) electrons. The van der Waals surface area contributed by atoms with E-state index >= 15 is 0 Å². The minimum Gasteiger partial charge on any atom is -0.480 e. The van der Waals surface area contributed by atoms with Crippen LogP contribution in [0.15, 0.2) is 29.2 Å². The van der Waals surface area contributed by atoms with Crippen molar-refractivity contribution in [2.45, 2.75) is 0 Å². The number of amides is 1. The topological polar surface area (TPSA) is 101 Å². The molecule has 2 rings (SSSR count). The monoisotopic (exact) mass is 324 g/mol. The maximum Gasteiger partial charge on any atom is 0.323 e. The van der Waals surface area contributed by atoms with Gasteiger partial charge < -0.3 is 5.11 Å². The van der Waals surface area contributed by atoms with Gasteiger partial charge in [-0.1, -0.05) is 36.1 Å². The molecule has 7 nitrogen and oxygen atoms in total. The predicted molar refractivity (Wildman–Crippen MR) is 80.6 cm³/mol. The number of thioether (sulfide) groups is 1. The van der Waals surface area contributed by atoms with Gasteiger partial charge >= 0.3 is 5.97 Å². The molecule has 9 heteroatoms. The van der Waals surface area contributed by atoms with Gasteiger partial charge in [0.15, 0.2) is 0 Å². The van der Waals surface area contributed by atoms with Gasteiger partial charge in [0.25, 0.3) is 11.6 Å². The van der Waals surface area contributed by atoms with Gasteiger partial charge in [-0.3, -0.25) is 24.6 Å². The maximum absolute atomic E-state index is 12.1. The average molecular weight is 324 g/mol. The lowest BCUT2D eigenvalue weighted by Gasteiger charge is -2.10. The summed E-state index contributed by atoms with van der Waals surface area (Å²) in [6.07, 6.45) is 1.35. The Bertz CT molecular complexity index is 686. The van der Waals surface area contributed by atoms with Crippen LogP contribution >= 0.6 is 24.0 Å². The summed E-state index contributed by atoms with van der Waals surface area (Å²) in [7, 11) is 0. The number of hydrogen-bond acceptors (Lipinski definition) is 6. The second-order valence-electron chi connectivity index (χ2n) is 3.98. The van der Waals surface area contributed by atoms with Crippen LogP contribution in [-0.4, -0.2) is 37.7 Å². The minimum absolute atomic E-state index is 0.118. The largest absolute Gasteiger partial charge is 0.480 e. The van der Waals surface area contributed by atoms with Crippen LogP contribution in [0.3, 0.4) is 0 Å². The molecule has 0 bridgehead atoms. The van der Waals surface area contributed by atoms with Crippen molar-refractivity contribution in [3.63, 3.8) is 0 Å². The minimum atomic E-state index is -1.18. The first kappa shape index (κ1) is 15.1. The van der Waals surface area contributed by atoms with Crippen molar-refractivity contribution < 1.29 is 19.6 Å². The second-order valence-corrected chi connectivity index (χ2v) is 5.65. The Kier molecular flexibility index (Phi) is 4.34. The molecule has 0 saturated carbocycles. The predicted octanol–water partition coefficient (Wildman–Crippen LogP) is 1.88. The Morgan fingerprint density at radius 3 is 2.76 bits per heavy atom. The first-order valence-electron chi connectivity index (χ1n) is 5.60. The Morgan fingerprint density at radius 1 is 1.48 bits per heavy atom. The summed E-state index contributed by atoms with van der Waals surface area (Å²) in [5, 5.41) is 19.7. The van der Waals surface area contributed by atoms with Crippen molar-refractivity contribution in [3.05, 3.63) is 44.8 Å². The van der Waals surface area contributed by atoms with Crippen molar-refractivity contribution >= 4 is 51.9 Å². The van der Waals surface area contributed by atoms with E-state index in [-0.39, 0.29) is 20.5 Å². The molecule has 1 aromatic rings. The molecule has 1 fully saturated rings. The summed E-state index contributed by atoms with van der Waals surface area (Å²) in [5.41, 5.74) is 0.124. The van der Waals surface area contributed by atoms with Gasteiger partial charge in [0.05, 0.1) is 15.4 Å². The maximum atomic E-state index is 12.1. The summed E-state index contributed by atoms with van der Waals surface area (Å²) in [6.45, 7) is -0.529. The van der Waals surface area contributed by atoms with Crippen LogP contribution in [0.1, 0.15) is 5.56 Å². The van der Waals surface area contributed by atoms with Crippen molar-refractivity contribution in [2.75, 3.05) is 6.54 Å². The Hall–Kier alpha value is -2.26. The van der Waals surface area contributed by atoms with Crippen molar-refractivity contribution in [2.24, 2.45) is 0 Å². The Balaban J connectivity index is 2.35. The average Bonchev–Trinajstić information content (AvgIpc) is 2.66. The first-order valence-corrected chi connectivity index (χ1v) is 6.83. The van der Waals surface area contributed by atoms with E-state index < -0.39 is 23.3 Å². The van der Waals surface area contributed by atoms with Gasteiger partial charge in [-0.15, -0.1) is 0 Å². The number of carbonyl (C=O) groups is 2. The number of rotatable bonds is 4. The molecule has 21 heavy (non-hydrogen) atoms. The molecular weight excluding hydrogens is 316 g/mol. The summed E-state index contributed by atoms with van der Waals surface area (Å²) in [5.74, 6) is -1.75. The van der Waals surface area contributed by atoms with Gasteiger partial charge in [0, 0.05) is 6.07 Å². The van der Waals surface area contributed by atoms with Crippen molar-refractivity contribution in [1.29, 1.82) is 0 Å². The number of aliphatic carboxylic acids is 1. The number of nitro groups is 1. The molecule has 0 unspecified atom stereocenters. The zero-order valence-electron chi connectivity index (χ0n) is 10.4. The number of nitro benzene ring substituents is 1. The van der Waals surface area contributed by atoms with E-state index in [0.717, 1.165) is 16.7 Å². The normalized spacial score (nSPS) is 16.6. The summed E-state index contributed by atoms with van der Waals surface area (Å²) in [6, 6.07) is 5.95. The van der Waals surface area contributed by atoms with E-state index in [0.29, 0.717) is 0 Å². The third kappa shape index (κ3) is 3.26. The molecule has 1 N–H and O–H groups in total. The number of carboxylic acids is 1. The Morgan fingerprint density at radius 2 is 2.14 bits per heavy atom. The number of carboxylic acid groups (broad SMARTS) is 1. The summed E-state index contributed by atoms with van der Waals surface area (Å²) < 4.78 is 0.118. The molecule has 108 valence electrons. The third-order valence-corrected chi connectivity index (χ3v) is 3.96. The third-order valence-electron chi connectivity index (χ3n) is 2.59. The molecule has 0 aliphatic carbocycles. The smallest absolute Gasteiger partial charge is 0.323 e. The van der Waals surface area contributed by atoms with Gasteiger partial charge in [-0.2, -0.15) is 0 Å². The highest BCUT2D eigenvalue weighted by atomic mass is 32.2. The molecule has 0 spiro atoms. The molecule has 1 aliphatic heterocycles. The number of hydrogen-bond donors (Lipinski definition) is 1. The lowest BCUT2D eigenvalue weighted by atomic mass is 10.1. The molecule has 1 aromatic carbocycles. The zero-order valence-corrected chi connectivity index (χ0v) is 12.0.